The van der Waals surface area contributed by atoms with E-state index in [2.05, 4.69) is 11.4 Å². The maximum atomic E-state index is 10.0. The third kappa shape index (κ3) is 4.10. The molecule has 1 aliphatic rings. The first-order chi connectivity index (χ1) is 12.7. The number of methoxy groups -OCH3 is 1. The fourth-order valence-corrected chi connectivity index (χ4v) is 2.41. The maximum absolute atomic E-state index is 10.0. The van der Waals surface area contributed by atoms with Crippen LogP contribution in [0.4, 0.5) is 17.1 Å². The molecule has 26 heavy (non-hydrogen) atoms. The lowest BCUT2D eigenvalue weighted by Crippen LogP contribution is -2.09. The summed E-state index contributed by atoms with van der Waals surface area (Å²) in [7, 11) is 1.67. The van der Waals surface area contributed by atoms with Crippen LogP contribution >= 0.6 is 0 Å². The Balaban J connectivity index is 0.000000185. The van der Waals surface area contributed by atoms with Crippen LogP contribution in [0.5, 0.6) is 11.5 Å². The van der Waals surface area contributed by atoms with Crippen LogP contribution in [0.25, 0.3) is 0 Å². The number of non-ortho nitro benzene ring substituents is 1. The Hall–Kier alpha value is -3.54. The zero-order valence-corrected chi connectivity index (χ0v) is 14.2. The van der Waals surface area contributed by atoms with Gasteiger partial charge in [-0.05, 0) is 24.3 Å². The number of rotatable bonds is 4. The Kier molecular flexibility index (Phi) is 5.34. The largest absolute Gasteiger partial charge is 0.495 e. The molecule has 0 amide bonds. The average molecular weight is 350 g/mol. The van der Waals surface area contributed by atoms with E-state index >= 15 is 0 Å². The Morgan fingerprint density at radius 3 is 2.35 bits per heavy atom. The number of nitrogens with one attached hydrogen (secondary N) is 1. The van der Waals surface area contributed by atoms with Crippen LogP contribution in [0.2, 0.25) is 0 Å². The van der Waals surface area contributed by atoms with Crippen LogP contribution in [-0.4, -0.2) is 12.0 Å². The van der Waals surface area contributed by atoms with Gasteiger partial charge in [0.15, 0.2) is 0 Å². The number of anilines is 2. The molecular formula is C20H18N2O4. The summed E-state index contributed by atoms with van der Waals surface area (Å²) in [5.74, 6) is 1.79. The number of fused-ring (bicyclic) bond motifs is 1. The minimum Gasteiger partial charge on any atom is -0.495 e. The third-order valence-electron chi connectivity index (χ3n) is 3.80. The van der Waals surface area contributed by atoms with E-state index in [4.69, 9.17) is 9.47 Å². The average Bonchev–Trinajstić information content (AvgIpc) is 2.66. The van der Waals surface area contributed by atoms with Gasteiger partial charge >= 0.3 is 0 Å². The molecule has 0 aliphatic carbocycles. The highest BCUT2D eigenvalue weighted by atomic mass is 16.6. The highest BCUT2D eigenvalue weighted by Gasteiger charge is 2.14. The number of ether oxygens (including phenoxy) is 2. The molecule has 1 heterocycles. The standard InChI is InChI=1S/C14H13NO2.C6H5NO2/c1-16-13-5-3-2-4-12(13)15-11-7-6-10-9-17-14(10)8-11;8-7(9)6-4-2-1-3-5-6/h2-8,15H,9H2,1H3;1-5H. The van der Waals surface area contributed by atoms with Crippen molar-refractivity contribution < 1.29 is 14.4 Å². The highest BCUT2D eigenvalue weighted by Crippen LogP contribution is 2.34. The van der Waals surface area contributed by atoms with Gasteiger partial charge in [0.2, 0.25) is 0 Å². The van der Waals surface area contributed by atoms with Gasteiger partial charge < -0.3 is 14.8 Å². The van der Waals surface area contributed by atoms with E-state index < -0.39 is 4.92 Å². The predicted molar refractivity (Wildman–Crippen MR) is 100 cm³/mol. The smallest absolute Gasteiger partial charge is 0.269 e. The summed E-state index contributed by atoms with van der Waals surface area (Å²) in [4.78, 5) is 9.59. The lowest BCUT2D eigenvalue weighted by atomic mass is 10.1. The van der Waals surface area contributed by atoms with E-state index in [-0.39, 0.29) is 5.69 Å². The minimum atomic E-state index is -0.417. The number of benzene rings is 3. The second kappa shape index (κ2) is 8.02. The molecular weight excluding hydrogens is 332 g/mol. The predicted octanol–water partition coefficient (Wildman–Crippen LogP) is 4.93. The monoisotopic (exact) mass is 350 g/mol. The van der Waals surface area contributed by atoms with Crippen molar-refractivity contribution in [1.29, 1.82) is 0 Å². The van der Waals surface area contributed by atoms with Gasteiger partial charge in [0, 0.05) is 29.4 Å². The fourth-order valence-electron chi connectivity index (χ4n) is 2.41. The molecule has 3 aromatic carbocycles. The van der Waals surface area contributed by atoms with Crippen molar-refractivity contribution in [3.05, 3.63) is 88.5 Å². The lowest BCUT2D eigenvalue weighted by Gasteiger charge is -2.21. The normalized spacial score (nSPS) is 11.0. The molecule has 6 heteroatoms. The van der Waals surface area contributed by atoms with Gasteiger partial charge in [-0.15, -0.1) is 0 Å². The van der Waals surface area contributed by atoms with Gasteiger partial charge in [0.25, 0.3) is 5.69 Å². The first-order valence-corrected chi connectivity index (χ1v) is 8.02. The Bertz CT molecular complexity index is 897. The van der Waals surface area contributed by atoms with E-state index in [0.29, 0.717) is 0 Å². The minimum absolute atomic E-state index is 0.137. The quantitative estimate of drug-likeness (QED) is 0.534. The van der Waals surface area contributed by atoms with E-state index in [1.807, 2.05) is 36.4 Å². The molecule has 4 rings (SSSR count). The Morgan fingerprint density at radius 2 is 1.77 bits per heavy atom. The SMILES string of the molecule is COc1ccccc1Nc1ccc2c(c1)OC2.O=[N+]([O-])c1ccccc1. The third-order valence-corrected chi connectivity index (χ3v) is 3.80. The molecule has 0 spiro atoms. The molecule has 132 valence electrons. The number of nitro benzene ring substituents is 1. The second-order valence-electron chi connectivity index (χ2n) is 5.53. The van der Waals surface area contributed by atoms with E-state index in [9.17, 15) is 10.1 Å². The summed E-state index contributed by atoms with van der Waals surface area (Å²) in [6.07, 6.45) is 0. The van der Waals surface area contributed by atoms with E-state index in [0.717, 1.165) is 29.5 Å². The van der Waals surface area contributed by atoms with Crippen molar-refractivity contribution >= 4 is 17.1 Å². The molecule has 0 fully saturated rings. The zero-order valence-electron chi connectivity index (χ0n) is 14.2. The van der Waals surface area contributed by atoms with Gasteiger partial charge in [0.05, 0.1) is 17.7 Å². The topological polar surface area (TPSA) is 73.6 Å². The maximum Gasteiger partial charge on any atom is 0.269 e. The fraction of sp³-hybridized carbons (Fsp3) is 0.100. The molecule has 0 radical (unpaired) electrons. The molecule has 0 saturated heterocycles. The van der Waals surface area contributed by atoms with Gasteiger partial charge in [-0.3, -0.25) is 10.1 Å². The first kappa shape index (κ1) is 17.3. The molecule has 0 saturated carbocycles. The summed E-state index contributed by atoms with van der Waals surface area (Å²) in [6.45, 7) is 0.726. The first-order valence-electron chi connectivity index (χ1n) is 8.02. The Labute approximate surface area is 151 Å². The number of hydrogen-bond acceptors (Lipinski definition) is 5. The summed E-state index contributed by atoms with van der Waals surface area (Å²) in [6, 6.07) is 21.9. The summed E-state index contributed by atoms with van der Waals surface area (Å²) >= 11 is 0. The van der Waals surface area contributed by atoms with Crippen LogP contribution in [0.15, 0.2) is 72.8 Å². The molecule has 0 unspecified atom stereocenters. The van der Waals surface area contributed by atoms with Crippen LogP contribution in [0.1, 0.15) is 5.56 Å². The summed E-state index contributed by atoms with van der Waals surface area (Å²) in [5, 5.41) is 13.3. The number of nitrogens with zero attached hydrogens (tertiary/aromatic N) is 1. The van der Waals surface area contributed by atoms with E-state index in [1.165, 1.54) is 17.7 Å². The van der Waals surface area contributed by atoms with Gasteiger partial charge in [0.1, 0.15) is 18.1 Å². The van der Waals surface area contributed by atoms with Crippen molar-refractivity contribution in [1.82, 2.24) is 0 Å². The summed E-state index contributed by atoms with van der Waals surface area (Å²) in [5.41, 5.74) is 3.36. The second-order valence-corrected chi connectivity index (χ2v) is 5.53. The van der Waals surface area contributed by atoms with Crippen molar-refractivity contribution in [2.24, 2.45) is 0 Å². The van der Waals surface area contributed by atoms with Gasteiger partial charge in [-0.2, -0.15) is 0 Å². The number of nitro groups is 1. The van der Waals surface area contributed by atoms with Gasteiger partial charge in [-0.1, -0.05) is 30.3 Å². The van der Waals surface area contributed by atoms with Crippen LogP contribution < -0.4 is 14.8 Å². The Morgan fingerprint density at radius 1 is 1.04 bits per heavy atom. The van der Waals surface area contributed by atoms with Crippen molar-refractivity contribution in [3.63, 3.8) is 0 Å². The molecule has 0 aromatic heterocycles. The van der Waals surface area contributed by atoms with Crippen molar-refractivity contribution in [2.75, 3.05) is 12.4 Å². The van der Waals surface area contributed by atoms with Crippen molar-refractivity contribution in [2.45, 2.75) is 6.61 Å². The summed E-state index contributed by atoms with van der Waals surface area (Å²) < 4.78 is 10.6. The highest BCUT2D eigenvalue weighted by molar-refractivity contribution is 5.68. The van der Waals surface area contributed by atoms with Crippen LogP contribution in [0, 0.1) is 10.1 Å². The molecule has 3 aromatic rings. The molecule has 0 bridgehead atoms. The lowest BCUT2D eigenvalue weighted by molar-refractivity contribution is -0.384. The molecule has 1 N–H and O–H groups in total. The van der Waals surface area contributed by atoms with Crippen LogP contribution in [-0.2, 0) is 6.61 Å². The van der Waals surface area contributed by atoms with Gasteiger partial charge in [-0.25, -0.2) is 0 Å². The molecule has 6 nitrogen and oxygen atoms in total. The number of para-hydroxylation sites is 3. The van der Waals surface area contributed by atoms with E-state index in [1.54, 1.807) is 25.3 Å². The molecule has 1 aliphatic heterocycles. The molecule has 0 atom stereocenters. The van der Waals surface area contributed by atoms with Crippen molar-refractivity contribution in [3.8, 4) is 11.5 Å². The zero-order chi connectivity index (χ0) is 18.4. The number of hydrogen-bond donors (Lipinski definition) is 1. The van der Waals surface area contributed by atoms with Crippen LogP contribution in [0.3, 0.4) is 0 Å².